The highest BCUT2D eigenvalue weighted by Gasteiger charge is 2.27. The lowest BCUT2D eigenvalue weighted by Crippen LogP contribution is -2.41. The molecule has 0 saturated heterocycles. The summed E-state index contributed by atoms with van der Waals surface area (Å²) in [4.78, 5) is 11.5. The zero-order chi connectivity index (χ0) is 20.7. The number of amides is 1. The van der Waals surface area contributed by atoms with Crippen molar-refractivity contribution in [2.45, 2.75) is 25.3 Å². The van der Waals surface area contributed by atoms with Crippen LogP contribution in [0.3, 0.4) is 0 Å². The second-order valence-corrected chi connectivity index (χ2v) is 8.55. The second-order valence-electron chi connectivity index (χ2n) is 6.61. The lowest BCUT2D eigenvalue weighted by molar-refractivity contribution is -0.129. The van der Waals surface area contributed by atoms with E-state index in [-0.39, 0.29) is 29.8 Å². The van der Waals surface area contributed by atoms with Gasteiger partial charge in [-0.05, 0) is 47.9 Å². The zero-order valence-electron chi connectivity index (χ0n) is 15.6. The minimum absolute atomic E-state index is 0.00743. The Labute approximate surface area is 163 Å². The maximum absolute atomic E-state index is 12.9. The van der Waals surface area contributed by atoms with Crippen molar-refractivity contribution in [1.82, 2.24) is 9.79 Å². The van der Waals surface area contributed by atoms with Crippen LogP contribution in [0.15, 0.2) is 53.4 Å². The van der Waals surface area contributed by atoms with Crippen molar-refractivity contribution in [1.29, 1.82) is 0 Å². The molecule has 2 N–H and O–H groups in total. The number of ether oxygens (including phenoxy) is 1. The minimum atomic E-state index is -3.93. The normalized spacial score (nSPS) is 11.6. The van der Waals surface area contributed by atoms with Gasteiger partial charge in [-0.1, -0.05) is 26.0 Å². The highest BCUT2D eigenvalue weighted by Crippen LogP contribution is 2.21. The number of carbonyl (C=O) groups is 1. The van der Waals surface area contributed by atoms with E-state index in [1.807, 2.05) is 13.8 Å². The number of sulfonamides is 1. The number of benzene rings is 2. The molecule has 0 spiro atoms. The number of hydroxylamine groups is 1. The number of nitrogens with zero attached hydrogens (tertiary/aromatic N) is 1. The Morgan fingerprint density at radius 1 is 1.14 bits per heavy atom. The second kappa shape index (κ2) is 9.63. The molecular formula is C19H23FN2O5S. The third-order valence-corrected chi connectivity index (χ3v) is 5.62. The molecule has 0 aromatic heterocycles. The molecule has 2 aromatic rings. The Kier molecular flexibility index (Phi) is 7.50. The monoisotopic (exact) mass is 410 g/mol. The average Bonchev–Trinajstić information content (AvgIpc) is 2.67. The van der Waals surface area contributed by atoms with Gasteiger partial charge in [0.2, 0.25) is 10.0 Å². The summed E-state index contributed by atoms with van der Waals surface area (Å²) in [7, 11) is -3.93. The fraction of sp³-hybridized carbons (Fsp3) is 0.316. The van der Waals surface area contributed by atoms with E-state index in [9.17, 15) is 17.6 Å². The number of carbonyl (C=O) groups excluding carboxylic acids is 1. The molecule has 2 aromatic carbocycles. The Morgan fingerprint density at radius 2 is 1.75 bits per heavy atom. The summed E-state index contributed by atoms with van der Waals surface area (Å²) < 4.78 is 45.2. The van der Waals surface area contributed by atoms with Crippen LogP contribution in [0.4, 0.5) is 4.39 Å². The summed E-state index contributed by atoms with van der Waals surface area (Å²) in [5.41, 5.74) is 2.22. The molecule has 0 radical (unpaired) electrons. The Bertz CT molecular complexity index is 884. The van der Waals surface area contributed by atoms with Crippen LogP contribution in [-0.4, -0.2) is 36.9 Å². The Morgan fingerprint density at radius 3 is 2.29 bits per heavy atom. The number of nitrogens with one attached hydrogen (secondary N) is 1. The lowest BCUT2D eigenvalue weighted by Gasteiger charge is -2.23. The first-order valence-corrected chi connectivity index (χ1v) is 10.1. The quantitative estimate of drug-likeness (QED) is 0.489. The van der Waals surface area contributed by atoms with E-state index in [2.05, 4.69) is 0 Å². The van der Waals surface area contributed by atoms with Crippen molar-refractivity contribution in [3.63, 3.8) is 0 Å². The first-order valence-electron chi connectivity index (χ1n) is 8.62. The molecule has 1 amide bonds. The Balaban J connectivity index is 2.11. The molecule has 7 nitrogen and oxygen atoms in total. The molecule has 0 bridgehead atoms. The van der Waals surface area contributed by atoms with E-state index >= 15 is 0 Å². The molecule has 0 aliphatic carbocycles. The van der Waals surface area contributed by atoms with Gasteiger partial charge in [0.25, 0.3) is 5.91 Å². The predicted octanol–water partition coefficient (Wildman–Crippen LogP) is 2.56. The summed E-state index contributed by atoms with van der Waals surface area (Å²) >= 11 is 0. The fourth-order valence-corrected chi connectivity index (χ4v) is 4.01. The van der Waals surface area contributed by atoms with Gasteiger partial charge < -0.3 is 4.74 Å². The minimum Gasteiger partial charge on any atom is -0.489 e. The molecule has 0 aliphatic heterocycles. The molecule has 0 fully saturated rings. The molecule has 0 saturated carbocycles. The third kappa shape index (κ3) is 6.01. The van der Waals surface area contributed by atoms with Gasteiger partial charge in [-0.25, -0.2) is 18.3 Å². The molecular weight excluding hydrogens is 387 g/mol. The number of hydrogen-bond donors (Lipinski definition) is 2. The SMILES string of the molecule is CC(C)CN(CC(=O)NO)S(=O)(=O)c1ccc(OCc2ccc(F)cc2)cc1. The van der Waals surface area contributed by atoms with Gasteiger partial charge in [0.1, 0.15) is 18.2 Å². The summed E-state index contributed by atoms with van der Waals surface area (Å²) in [5, 5.41) is 8.70. The van der Waals surface area contributed by atoms with Gasteiger partial charge in [-0.2, -0.15) is 4.31 Å². The molecule has 152 valence electrons. The topological polar surface area (TPSA) is 95.9 Å². The van der Waals surface area contributed by atoms with Crippen molar-refractivity contribution in [2.75, 3.05) is 13.1 Å². The molecule has 0 heterocycles. The molecule has 2 rings (SSSR count). The lowest BCUT2D eigenvalue weighted by atomic mass is 10.2. The van der Waals surface area contributed by atoms with Crippen LogP contribution in [-0.2, 0) is 21.4 Å². The first-order chi connectivity index (χ1) is 13.2. The van der Waals surface area contributed by atoms with E-state index in [1.54, 1.807) is 12.1 Å². The van der Waals surface area contributed by atoms with Crippen LogP contribution >= 0.6 is 0 Å². The van der Waals surface area contributed by atoms with Crippen LogP contribution in [0.25, 0.3) is 0 Å². The molecule has 0 atom stereocenters. The van der Waals surface area contributed by atoms with E-state index in [0.29, 0.717) is 5.75 Å². The standard InChI is InChI=1S/C19H23FN2O5S/c1-14(2)11-22(12-19(23)21-24)28(25,26)18-9-7-17(8-10-18)27-13-15-3-5-16(20)6-4-15/h3-10,14,24H,11-13H2,1-2H3,(H,21,23). The van der Waals surface area contributed by atoms with Crippen molar-refractivity contribution >= 4 is 15.9 Å². The van der Waals surface area contributed by atoms with Gasteiger partial charge in [0.05, 0.1) is 11.4 Å². The highest BCUT2D eigenvalue weighted by atomic mass is 32.2. The molecule has 9 heteroatoms. The van der Waals surface area contributed by atoms with Crippen molar-refractivity contribution < 1.29 is 27.5 Å². The number of halogens is 1. The van der Waals surface area contributed by atoms with Crippen LogP contribution in [0, 0.1) is 11.7 Å². The third-order valence-electron chi connectivity index (χ3n) is 3.79. The molecule has 0 unspecified atom stereocenters. The summed E-state index contributed by atoms with van der Waals surface area (Å²) in [5.74, 6) is -0.714. The smallest absolute Gasteiger partial charge is 0.258 e. The van der Waals surface area contributed by atoms with Gasteiger partial charge in [-0.15, -0.1) is 0 Å². The van der Waals surface area contributed by atoms with E-state index < -0.39 is 22.5 Å². The number of hydrogen-bond acceptors (Lipinski definition) is 5. The highest BCUT2D eigenvalue weighted by molar-refractivity contribution is 7.89. The Hall–Kier alpha value is -2.49. The maximum atomic E-state index is 12.9. The van der Waals surface area contributed by atoms with Gasteiger partial charge >= 0.3 is 0 Å². The molecule has 28 heavy (non-hydrogen) atoms. The summed E-state index contributed by atoms with van der Waals surface area (Å²) in [6.07, 6.45) is 0. The average molecular weight is 410 g/mol. The van der Waals surface area contributed by atoms with Crippen molar-refractivity contribution in [2.24, 2.45) is 5.92 Å². The maximum Gasteiger partial charge on any atom is 0.258 e. The first kappa shape index (κ1) is 21.8. The van der Waals surface area contributed by atoms with Crippen molar-refractivity contribution in [3.05, 3.63) is 59.9 Å². The summed E-state index contributed by atoms with van der Waals surface area (Å²) in [6.45, 7) is 3.50. The van der Waals surface area contributed by atoms with E-state index in [0.717, 1.165) is 9.87 Å². The van der Waals surface area contributed by atoms with Crippen LogP contribution in [0.2, 0.25) is 0 Å². The predicted molar refractivity (Wildman–Crippen MR) is 101 cm³/mol. The van der Waals surface area contributed by atoms with E-state index in [4.69, 9.17) is 9.94 Å². The van der Waals surface area contributed by atoms with Gasteiger partial charge in [-0.3, -0.25) is 10.0 Å². The van der Waals surface area contributed by atoms with E-state index in [1.165, 1.54) is 41.9 Å². The van der Waals surface area contributed by atoms with Gasteiger partial charge in [0, 0.05) is 6.54 Å². The van der Waals surface area contributed by atoms with Crippen LogP contribution < -0.4 is 10.2 Å². The largest absolute Gasteiger partial charge is 0.489 e. The van der Waals surface area contributed by atoms with Crippen LogP contribution in [0.5, 0.6) is 5.75 Å². The van der Waals surface area contributed by atoms with Crippen molar-refractivity contribution in [3.8, 4) is 5.75 Å². The fourth-order valence-electron chi connectivity index (χ4n) is 2.45. The zero-order valence-corrected chi connectivity index (χ0v) is 16.4. The summed E-state index contributed by atoms with van der Waals surface area (Å²) in [6, 6.07) is 11.7. The van der Waals surface area contributed by atoms with Crippen LogP contribution in [0.1, 0.15) is 19.4 Å². The molecule has 0 aliphatic rings. The van der Waals surface area contributed by atoms with Gasteiger partial charge in [0.15, 0.2) is 0 Å². The number of rotatable bonds is 9.